The zero-order valence-corrected chi connectivity index (χ0v) is 14.5. The molecular weight excluding hydrogens is 308 g/mol. The fraction of sp³-hybridized carbons (Fsp3) is 0.556. The number of likely N-dealkylation sites (tertiary alicyclic amines) is 1. The van der Waals surface area contributed by atoms with E-state index < -0.39 is 0 Å². The van der Waals surface area contributed by atoms with Crippen molar-refractivity contribution in [2.75, 3.05) is 38.2 Å². The van der Waals surface area contributed by atoms with Crippen LogP contribution in [0.3, 0.4) is 0 Å². The van der Waals surface area contributed by atoms with Gasteiger partial charge in [0.2, 0.25) is 0 Å². The first-order valence-corrected chi connectivity index (χ1v) is 8.65. The summed E-state index contributed by atoms with van der Waals surface area (Å²) in [6.45, 7) is 6.57. The quantitative estimate of drug-likeness (QED) is 0.726. The summed E-state index contributed by atoms with van der Waals surface area (Å²) < 4.78 is 10.6. The van der Waals surface area contributed by atoms with Gasteiger partial charge >= 0.3 is 5.97 Å². The van der Waals surface area contributed by atoms with Crippen molar-refractivity contribution >= 4 is 17.6 Å². The molecule has 1 amide bonds. The lowest BCUT2D eigenvalue weighted by atomic mass is 9.98. The largest absolute Gasteiger partial charge is 0.492 e. The lowest BCUT2D eigenvalue weighted by molar-refractivity contribution is -0.899. The molecule has 1 aliphatic heterocycles. The Labute approximate surface area is 143 Å². The van der Waals surface area contributed by atoms with Gasteiger partial charge in [0.1, 0.15) is 11.7 Å². The van der Waals surface area contributed by atoms with Gasteiger partial charge in [0, 0.05) is 0 Å². The fourth-order valence-electron chi connectivity index (χ4n) is 3.05. The highest BCUT2D eigenvalue weighted by Crippen LogP contribution is 2.23. The summed E-state index contributed by atoms with van der Waals surface area (Å²) in [6.07, 6.45) is 1.78. The third kappa shape index (κ3) is 5.23. The van der Waals surface area contributed by atoms with E-state index in [9.17, 15) is 9.59 Å². The maximum absolute atomic E-state index is 12.3. The molecule has 2 N–H and O–H groups in total. The van der Waals surface area contributed by atoms with Crippen molar-refractivity contribution < 1.29 is 24.0 Å². The second kappa shape index (κ2) is 9.27. The summed E-state index contributed by atoms with van der Waals surface area (Å²) >= 11 is 0. The minimum absolute atomic E-state index is 0.0679. The first-order chi connectivity index (χ1) is 11.6. The van der Waals surface area contributed by atoms with Crippen LogP contribution >= 0.6 is 0 Å². The van der Waals surface area contributed by atoms with Crippen molar-refractivity contribution in [2.24, 2.45) is 5.92 Å². The topological polar surface area (TPSA) is 69.1 Å². The van der Waals surface area contributed by atoms with Crippen LogP contribution in [0.4, 0.5) is 5.69 Å². The minimum Gasteiger partial charge on any atom is -0.492 e. The van der Waals surface area contributed by atoms with E-state index in [-0.39, 0.29) is 17.8 Å². The molecule has 6 nitrogen and oxygen atoms in total. The van der Waals surface area contributed by atoms with E-state index in [0.717, 1.165) is 24.3 Å². The molecule has 1 fully saturated rings. The third-order valence-electron chi connectivity index (χ3n) is 4.11. The summed E-state index contributed by atoms with van der Waals surface area (Å²) in [5.74, 6) is 0.363. The number of para-hydroxylation sites is 2. The van der Waals surface area contributed by atoms with Gasteiger partial charge in [-0.2, -0.15) is 0 Å². The van der Waals surface area contributed by atoms with Crippen LogP contribution in [0.5, 0.6) is 5.75 Å². The molecule has 6 heteroatoms. The van der Waals surface area contributed by atoms with Gasteiger partial charge in [0.05, 0.1) is 32.0 Å². The number of ether oxygens (including phenoxy) is 2. The summed E-state index contributed by atoms with van der Waals surface area (Å²) in [7, 11) is 0. The molecule has 0 saturated carbocycles. The zero-order valence-electron chi connectivity index (χ0n) is 14.5. The molecule has 0 bridgehead atoms. The predicted octanol–water partition coefficient (Wildman–Crippen LogP) is 0.882. The number of hydrogen-bond acceptors (Lipinski definition) is 4. The number of amides is 1. The number of piperidine rings is 1. The molecule has 1 saturated heterocycles. The maximum Gasteiger partial charge on any atom is 0.314 e. The van der Waals surface area contributed by atoms with E-state index in [2.05, 4.69) is 5.32 Å². The second-order valence-corrected chi connectivity index (χ2v) is 5.95. The van der Waals surface area contributed by atoms with Crippen LogP contribution in [-0.2, 0) is 14.3 Å². The number of nitrogens with one attached hydrogen (secondary N) is 2. The summed E-state index contributed by atoms with van der Waals surface area (Å²) in [5.41, 5.74) is 0.683. The highest BCUT2D eigenvalue weighted by atomic mass is 16.5. The fourth-order valence-corrected chi connectivity index (χ4v) is 3.05. The lowest BCUT2D eigenvalue weighted by Crippen LogP contribution is -3.14. The van der Waals surface area contributed by atoms with Gasteiger partial charge in [0.25, 0.3) is 5.91 Å². The van der Waals surface area contributed by atoms with E-state index in [4.69, 9.17) is 9.47 Å². The van der Waals surface area contributed by atoms with Gasteiger partial charge in [-0.15, -0.1) is 0 Å². The summed E-state index contributed by atoms with van der Waals surface area (Å²) in [6, 6.07) is 7.41. The number of carbonyl (C=O) groups excluding carboxylic acids is 2. The second-order valence-electron chi connectivity index (χ2n) is 5.95. The van der Waals surface area contributed by atoms with Gasteiger partial charge in [0.15, 0.2) is 6.54 Å². The van der Waals surface area contributed by atoms with Crippen molar-refractivity contribution in [3.63, 3.8) is 0 Å². The normalized spacial score (nSPS) is 20.2. The third-order valence-corrected chi connectivity index (χ3v) is 4.11. The Bertz CT molecular complexity index is 562. The Kier molecular flexibility index (Phi) is 7.06. The molecule has 132 valence electrons. The van der Waals surface area contributed by atoms with Crippen molar-refractivity contribution in [3.8, 4) is 5.75 Å². The molecule has 2 atom stereocenters. The van der Waals surface area contributed by atoms with Crippen LogP contribution < -0.4 is 15.0 Å². The van der Waals surface area contributed by atoms with Crippen molar-refractivity contribution in [1.82, 2.24) is 0 Å². The molecule has 0 aromatic heterocycles. The molecule has 0 spiro atoms. The van der Waals surface area contributed by atoms with Crippen LogP contribution in [0.2, 0.25) is 0 Å². The van der Waals surface area contributed by atoms with E-state index in [1.165, 1.54) is 0 Å². The number of esters is 1. The molecule has 1 heterocycles. The van der Waals surface area contributed by atoms with Gasteiger partial charge < -0.3 is 19.7 Å². The van der Waals surface area contributed by atoms with Crippen LogP contribution in [-0.4, -0.2) is 44.7 Å². The van der Waals surface area contributed by atoms with Crippen LogP contribution in [0.1, 0.15) is 26.7 Å². The predicted molar refractivity (Wildman–Crippen MR) is 91.2 cm³/mol. The first kappa shape index (κ1) is 18.3. The standard InChI is InChI=1S/C18H26N2O4/c1-3-23-16-10-6-5-9-15(16)19-17(21)13-20-11-7-8-14(12-20)18(22)24-4-2/h5-6,9-10,14H,3-4,7-8,11-13H2,1-2H3,(H,19,21)/p+1/t14-/m0/s1. The van der Waals surface area contributed by atoms with E-state index >= 15 is 0 Å². The Hall–Kier alpha value is -2.08. The minimum atomic E-state index is -0.142. The number of benzene rings is 1. The molecule has 1 aliphatic rings. The maximum atomic E-state index is 12.3. The first-order valence-electron chi connectivity index (χ1n) is 8.65. The molecule has 2 rings (SSSR count). The molecular formula is C18H27N2O4+. The number of hydrogen-bond donors (Lipinski definition) is 2. The lowest BCUT2D eigenvalue weighted by Gasteiger charge is -2.28. The summed E-state index contributed by atoms with van der Waals surface area (Å²) in [5, 5.41) is 2.91. The Morgan fingerprint density at radius 2 is 2.04 bits per heavy atom. The number of carbonyl (C=O) groups is 2. The molecule has 1 unspecified atom stereocenters. The van der Waals surface area contributed by atoms with E-state index in [0.29, 0.717) is 37.7 Å². The van der Waals surface area contributed by atoms with Crippen molar-refractivity contribution in [2.45, 2.75) is 26.7 Å². The average molecular weight is 335 g/mol. The monoisotopic (exact) mass is 335 g/mol. The Balaban J connectivity index is 1.89. The van der Waals surface area contributed by atoms with Crippen LogP contribution in [0.25, 0.3) is 0 Å². The van der Waals surface area contributed by atoms with Crippen molar-refractivity contribution in [1.29, 1.82) is 0 Å². The van der Waals surface area contributed by atoms with Crippen LogP contribution in [0, 0.1) is 5.92 Å². The van der Waals surface area contributed by atoms with Gasteiger partial charge in [-0.25, -0.2) is 0 Å². The van der Waals surface area contributed by atoms with E-state index in [1.807, 2.05) is 38.1 Å². The van der Waals surface area contributed by atoms with Gasteiger partial charge in [-0.05, 0) is 38.8 Å². The number of rotatable bonds is 7. The molecule has 24 heavy (non-hydrogen) atoms. The Morgan fingerprint density at radius 1 is 1.25 bits per heavy atom. The molecule has 1 aromatic carbocycles. The summed E-state index contributed by atoms with van der Waals surface area (Å²) in [4.78, 5) is 25.3. The van der Waals surface area contributed by atoms with Crippen molar-refractivity contribution in [3.05, 3.63) is 24.3 Å². The molecule has 0 aliphatic carbocycles. The average Bonchev–Trinajstić information content (AvgIpc) is 2.57. The number of quaternary nitrogens is 1. The molecule has 1 aromatic rings. The Morgan fingerprint density at radius 3 is 2.79 bits per heavy atom. The number of anilines is 1. The van der Waals surface area contributed by atoms with E-state index in [1.54, 1.807) is 0 Å². The molecule has 0 radical (unpaired) electrons. The highest BCUT2D eigenvalue weighted by molar-refractivity contribution is 5.92. The SMILES string of the molecule is CCOC(=O)[C@H]1CCC[NH+](CC(=O)Nc2ccccc2OCC)C1. The zero-order chi connectivity index (χ0) is 17.4. The van der Waals surface area contributed by atoms with Gasteiger partial charge in [-0.1, -0.05) is 12.1 Å². The highest BCUT2D eigenvalue weighted by Gasteiger charge is 2.30. The smallest absolute Gasteiger partial charge is 0.314 e. The van der Waals surface area contributed by atoms with Gasteiger partial charge in [-0.3, -0.25) is 9.59 Å². The van der Waals surface area contributed by atoms with Crippen LogP contribution in [0.15, 0.2) is 24.3 Å².